The monoisotopic (exact) mass is 667 g/mol. The Labute approximate surface area is 302 Å². The molecule has 0 spiro atoms. The van der Waals surface area contributed by atoms with Gasteiger partial charge < -0.3 is 4.42 Å². The molecular weight excluding hydrogens is 635 g/mol. The van der Waals surface area contributed by atoms with Gasteiger partial charge in [-0.15, -0.1) is 0 Å². The summed E-state index contributed by atoms with van der Waals surface area (Å²) in [7, 11) is 0. The van der Waals surface area contributed by atoms with Crippen LogP contribution in [0.25, 0.3) is 89.5 Å². The third-order valence-corrected chi connectivity index (χ3v) is 10.5. The molecule has 9 aromatic rings. The first-order valence-electron chi connectivity index (χ1n) is 17.7. The molecule has 0 unspecified atom stereocenters. The van der Waals surface area contributed by atoms with E-state index in [1.807, 2.05) is 48.5 Å². The van der Waals surface area contributed by atoms with Crippen LogP contribution in [0, 0.1) is 0 Å². The highest BCUT2D eigenvalue weighted by atomic mass is 16.3. The van der Waals surface area contributed by atoms with E-state index in [0.717, 1.165) is 66.8 Å². The average Bonchev–Trinajstić information content (AvgIpc) is 3.70. The van der Waals surface area contributed by atoms with E-state index in [4.69, 9.17) is 19.4 Å². The topological polar surface area (TPSA) is 51.8 Å². The molecule has 0 aliphatic heterocycles. The molecule has 0 atom stereocenters. The minimum absolute atomic E-state index is 0.227. The van der Waals surface area contributed by atoms with Crippen LogP contribution in [0.2, 0.25) is 0 Å². The molecule has 0 amide bonds. The summed E-state index contributed by atoms with van der Waals surface area (Å²) in [5, 5.41) is 2.20. The Balaban J connectivity index is 1.04. The normalized spacial score (nSPS) is 13.0. The summed E-state index contributed by atoms with van der Waals surface area (Å²) in [5.74, 6) is 0.701. The lowest BCUT2D eigenvalue weighted by atomic mass is 9.80. The Kier molecular flexibility index (Phi) is 6.80. The Morgan fingerprint density at radius 2 is 1.02 bits per heavy atom. The number of aromatic nitrogens is 3. The summed E-state index contributed by atoms with van der Waals surface area (Å²) >= 11 is 0. The van der Waals surface area contributed by atoms with Crippen LogP contribution in [0.1, 0.15) is 25.0 Å². The van der Waals surface area contributed by atoms with Crippen molar-refractivity contribution in [3.05, 3.63) is 175 Å². The van der Waals surface area contributed by atoms with Crippen molar-refractivity contribution in [3.63, 3.8) is 0 Å². The number of nitrogens with zero attached hydrogens (tertiary/aromatic N) is 3. The van der Waals surface area contributed by atoms with E-state index in [2.05, 4.69) is 129 Å². The summed E-state index contributed by atoms with van der Waals surface area (Å²) in [6.07, 6.45) is 0. The fourth-order valence-corrected chi connectivity index (χ4v) is 7.94. The fraction of sp³-hybridized carbons (Fsp3) is 0.0625. The standard InChI is InChI=1S/C48H33N3O/c1-48(2)38-19-11-9-17-36(38)42-43-37-18-10-12-20-41(37)52-47(43)51-45(44(42)48)34-25-21-30(22-26-34)31-23-27-35(28-24-31)46-49-39(32-13-5-3-6-14-32)29-40(50-46)33-15-7-4-8-16-33/h3-29H,1-2H3. The molecular formula is C48H33N3O. The first-order chi connectivity index (χ1) is 25.5. The molecule has 4 nitrogen and oxygen atoms in total. The molecule has 4 heteroatoms. The number of hydrogen-bond donors (Lipinski definition) is 0. The predicted molar refractivity (Wildman–Crippen MR) is 212 cm³/mol. The molecule has 0 radical (unpaired) electrons. The van der Waals surface area contributed by atoms with Crippen molar-refractivity contribution in [2.75, 3.05) is 0 Å². The van der Waals surface area contributed by atoms with E-state index in [-0.39, 0.29) is 5.41 Å². The molecule has 3 aromatic heterocycles. The van der Waals surface area contributed by atoms with Gasteiger partial charge in [0, 0.05) is 38.6 Å². The van der Waals surface area contributed by atoms with Gasteiger partial charge in [-0.1, -0.05) is 166 Å². The molecule has 52 heavy (non-hydrogen) atoms. The maximum absolute atomic E-state index is 6.41. The van der Waals surface area contributed by atoms with Gasteiger partial charge in [-0.25, -0.2) is 15.0 Å². The van der Waals surface area contributed by atoms with E-state index < -0.39 is 0 Å². The van der Waals surface area contributed by atoms with Crippen LogP contribution in [0.15, 0.2) is 168 Å². The van der Waals surface area contributed by atoms with Crippen LogP contribution in [-0.4, -0.2) is 15.0 Å². The minimum Gasteiger partial charge on any atom is -0.438 e. The molecule has 0 bridgehead atoms. The molecule has 6 aromatic carbocycles. The van der Waals surface area contributed by atoms with Gasteiger partial charge in [-0.3, -0.25) is 0 Å². The largest absolute Gasteiger partial charge is 0.438 e. The lowest BCUT2D eigenvalue weighted by Gasteiger charge is -2.24. The second-order valence-electron chi connectivity index (χ2n) is 14.0. The molecule has 3 heterocycles. The molecule has 246 valence electrons. The Morgan fingerprint density at radius 3 is 1.67 bits per heavy atom. The predicted octanol–water partition coefficient (Wildman–Crippen LogP) is 12.4. The van der Waals surface area contributed by atoms with Crippen molar-refractivity contribution in [1.29, 1.82) is 0 Å². The van der Waals surface area contributed by atoms with Gasteiger partial charge in [0.25, 0.3) is 0 Å². The smallest absolute Gasteiger partial charge is 0.228 e. The third kappa shape index (κ3) is 4.79. The molecule has 1 aliphatic carbocycles. The summed E-state index contributed by atoms with van der Waals surface area (Å²) in [6, 6.07) is 57.0. The van der Waals surface area contributed by atoms with Crippen molar-refractivity contribution in [2.45, 2.75) is 19.3 Å². The van der Waals surface area contributed by atoms with E-state index in [0.29, 0.717) is 11.5 Å². The number of furan rings is 1. The van der Waals surface area contributed by atoms with E-state index in [1.54, 1.807) is 0 Å². The maximum Gasteiger partial charge on any atom is 0.228 e. The highest BCUT2D eigenvalue weighted by Gasteiger charge is 2.40. The molecule has 0 fully saturated rings. The number of rotatable bonds is 5. The Morgan fingerprint density at radius 1 is 0.481 bits per heavy atom. The fourth-order valence-electron chi connectivity index (χ4n) is 7.94. The molecule has 1 aliphatic rings. The van der Waals surface area contributed by atoms with Crippen LogP contribution in [0.3, 0.4) is 0 Å². The number of para-hydroxylation sites is 1. The first kappa shape index (κ1) is 30.2. The number of hydrogen-bond acceptors (Lipinski definition) is 4. The molecule has 0 saturated heterocycles. The van der Waals surface area contributed by atoms with Gasteiger partial charge in [-0.2, -0.15) is 0 Å². The molecule has 0 N–H and O–H groups in total. The van der Waals surface area contributed by atoms with Crippen LogP contribution in [-0.2, 0) is 5.41 Å². The Hall–Kier alpha value is -6.65. The highest BCUT2D eigenvalue weighted by molar-refractivity contribution is 6.15. The number of pyridine rings is 1. The zero-order valence-corrected chi connectivity index (χ0v) is 28.8. The Bertz CT molecular complexity index is 2720. The van der Waals surface area contributed by atoms with Gasteiger partial charge in [0.2, 0.25) is 5.71 Å². The lowest BCUT2D eigenvalue weighted by Crippen LogP contribution is -2.17. The van der Waals surface area contributed by atoms with Gasteiger partial charge in [-0.05, 0) is 39.9 Å². The second kappa shape index (κ2) is 11.7. The van der Waals surface area contributed by atoms with Gasteiger partial charge in [0.15, 0.2) is 5.82 Å². The van der Waals surface area contributed by atoms with Gasteiger partial charge in [0.05, 0.1) is 22.5 Å². The van der Waals surface area contributed by atoms with Crippen LogP contribution >= 0.6 is 0 Å². The van der Waals surface area contributed by atoms with Crippen LogP contribution in [0.5, 0.6) is 0 Å². The first-order valence-corrected chi connectivity index (χ1v) is 17.7. The quantitative estimate of drug-likeness (QED) is 0.183. The lowest BCUT2D eigenvalue weighted by molar-refractivity contribution is 0.645. The van der Waals surface area contributed by atoms with E-state index in [1.165, 1.54) is 22.3 Å². The van der Waals surface area contributed by atoms with Crippen molar-refractivity contribution < 1.29 is 4.42 Å². The summed E-state index contributed by atoms with van der Waals surface area (Å²) in [4.78, 5) is 15.3. The van der Waals surface area contributed by atoms with Gasteiger partial charge >= 0.3 is 0 Å². The SMILES string of the molecule is CC1(C)c2ccccc2-c2c1c(-c1ccc(-c3ccc(-c4nc(-c5ccccc5)cc(-c5ccccc5)n4)cc3)cc1)nc1oc3ccccc3c21. The summed E-state index contributed by atoms with van der Waals surface area (Å²) in [6.45, 7) is 4.63. The van der Waals surface area contributed by atoms with Crippen molar-refractivity contribution in [3.8, 4) is 67.4 Å². The maximum atomic E-state index is 6.41. The van der Waals surface area contributed by atoms with Crippen molar-refractivity contribution in [2.24, 2.45) is 0 Å². The number of fused-ring (bicyclic) bond motifs is 7. The second-order valence-corrected chi connectivity index (χ2v) is 14.0. The highest BCUT2D eigenvalue weighted by Crippen LogP contribution is 2.55. The van der Waals surface area contributed by atoms with Gasteiger partial charge in [0.1, 0.15) is 5.58 Å². The molecule has 10 rings (SSSR count). The van der Waals surface area contributed by atoms with Crippen molar-refractivity contribution in [1.82, 2.24) is 15.0 Å². The average molecular weight is 668 g/mol. The summed E-state index contributed by atoms with van der Waals surface area (Å²) in [5.41, 5.74) is 15.5. The van der Waals surface area contributed by atoms with Crippen LogP contribution in [0.4, 0.5) is 0 Å². The number of benzene rings is 6. The third-order valence-electron chi connectivity index (χ3n) is 10.5. The molecule has 0 saturated carbocycles. The minimum atomic E-state index is -0.227. The van der Waals surface area contributed by atoms with Crippen molar-refractivity contribution >= 4 is 22.1 Å². The summed E-state index contributed by atoms with van der Waals surface area (Å²) < 4.78 is 6.41. The van der Waals surface area contributed by atoms with Crippen LogP contribution < -0.4 is 0 Å². The zero-order valence-electron chi connectivity index (χ0n) is 28.8. The zero-order chi connectivity index (χ0) is 34.8. The van der Waals surface area contributed by atoms with E-state index >= 15 is 0 Å². The van der Waals surface area contributed by atoms with E-state index in [9.17, 15) is 0 Å².